The molecule has 1 aliphatic rings. The Morgan fingerprint density at radius 2 is 2.14 bits per heavy atom. The molecule has 1 amide bonds. The molecule has 0 saturated carbocycles. The smallest absolute Gasteiger partial charge is 0.315 e. The molecule has 0 radical (unpaired) electrons. The number of hydrogen-bond acceptors (Lipinski definition) is 3. The third-order valence-corrected chi connectivity index (χ3v) is 2.05. The number of ether oxygens (including phenoxy) is 1. The zero-order valence-corrected chi connectivity index (χ0v) is 7.76. The second kappa shape index (κ2) is 3.89. The number of carbonyl (C=O) groups is 2. The molecule has 4 nitrogen and oxygen atoms in total. The van der Waals surface area contributed by atoms with Gasteiger partial charge in [-0.1, -0.05) is 0 Å². The minimum atomic E-state index is -2.81. The van der Waals surface area contributed by atoms with E-state index in [-0.39, 0.29) is 13.0 Å². The van der Waals surface area contributed by atoms with Crippen molar-refractivity contribution in [3.8, 4) is 0 Å². The van der Waals surface area contributed by atoms with Gasteiger partial charge in [0.15, 0.2) is 0 Å². The van der Waals surface area contributed by atoms with Crippen molar-refractivity contribution in [3.63, 3.8) is 0 Å². The maximum Gasteiger partial charge on any atom is 0.315 e. The highest BCUT2D eigenvalue weighted by atomic mass is 19.3. The molecule has 6 heteroatoms. The number of esters is 1. The van der Waals surface area contributed by atoms with Crippen LogP contribution >= 0.6 is 0 Å². The summed E-state index contributed by atoms with van der Waals surface area (Å²) in [4.78, 5) is 22.9. The Hall–Kier alpha value is -1.20. The monoisotopic (exact) mass is 207 g/mol. The minimum absolute atomic E-state index is 0.00281. The van der Waals surface area contributed by atoms with Gasteiger partial charge in [0.25, 0.3) is 5.92 Å². The molecule has 0 bridgehead atoms. The van der Waals surface area contributed by atoms with Crippen molar-refractivity contribution in [2.75, 3.05) is 20.2 Å². The van der Waals surface area contributed by atoms with Gasteiger partial charge < -0.3 is 9.64 Å². The number of carbonyl (C=O) groups excluding carboxylic acids is 2. The average Bonchev–Trinajstić information content (AvgIpc) is 2.46. The van der Waals surface area contributed by atoms with Gasteiger partial charge in [-0.05, 0) is 0 Å². The van der Waals surface area contributed by atoms with Crippen molar-refractivity contribution in [1.29, 1.82) is 0 Å². The first-order valence-corrected chi connectivity index (χ1v) is 4.17. The van der Waals surface area contributed by atoms with Crippen LogP contribution in [0.2, 0.25) is 0 Å². The van der Waals surface area contributed by atoms with Crippen LogP contribution in [-0.4, -0.2) is 42.9 Å². The van der Waals surface area contributed by atoms with E-state index in [0.29, 0.717) is 0 Å². The van der Waals surface area contributed by atoms with Crippen molar-refractivity contribution in [1.82, 2.24) is 4.90 Å². The van der Waals surface area contributed by atoms with E-state index < -0.39 is 30.8 Å². The number of rotatable bonds is 2. The molecular formula is C8H11F2NO3. The van der Waals surface area contributed by atoms with Crippen molar-refractivity contribution in [2.45, 2.75) is 18.8 Å². The number of likely N-dealkylation sites (tertiary alicyclic amines) is 1. The topological polar surface area (TPSA) is 46.6 Å². The molecule has 1 saturated heterocycles. The maximum absolute atomic E-state index is 12.7. The zero-order chi connectivity index (χ0) is 10.8. The van der Waals surface area contributed by atoms with Gasteiger partial charge in [-0.15, -0.1) is 0 Å². The third-order valence-electron chi connectivity index (χ3n) is 2.05. The Morgan fingerprint density at radius 1 is 1.50 bits per heavy atom. The number of alkyl halides is 2. The molecule has 0 unspecified atom stereocenters. The van der Waals surface area contributed by atoms with E-state index in [0.717, 1.165) is 12.0 Å². The van der Waals surface area contributed by atoms with E-state index >= 15 is 0 Å². The maximum atomic E-state index is 12.7. The fraction of sp³-hybridized carbons (Fsp3) is 0.750. The molecule has 0 aliphatic carbocycles. The fourth-order valence-electron chi connectivity index (χ4n) is 1.26. The highest BCUT2D eigenvalue weighted by Gasteiger charge is 2.40. The summed E-state index contributed by atoms with van der Waals surface area (Å²) >= 11 is 0. The van der Waals surface area contributed by atoms with Crippen LogP contribution in [0.3, 0.4) is 0 Å². The second-order valence-corrected chi connectivity index (χ2v) is 3.17. The summed E-state index contributed by atoms with van der Waals surface area (Å²) in [5.41, 5.74) is 0. The summed E-state index contributed by atoms with van der Waals surface area (Å²) in [6.07, 6.45) is -0.799. The first-order valence-electron chi connectivity index (χ1n) is 4.17. The van der Waals surface area contributed by atoms with Crippen molar-refractivity contribution in [3.05, 3.63) is 0 Å². The van der Waals surface area contributed by atoms with Crippen LogP contribution in [0, 0.1) is 0 Å². The van der Waals surface area contributed by atoms with E-state index in [4.69, 9.17) is 0 Å². The van der Waals surface area contributed by atoms with Crippen LogP contribution < -0.4 is 0 Å². The summed E-state index contributed by atoms with van der Waals surface area (Å²) in [5.74, 6) is -4.12. The number of hydrogen-bond donors (Lipinski definition) is 0. The lowest BCUT2D eigenvalue weighted by Crippen LogP contribution is -2.32. The normalized spacial score (nSPS) is 19.5. The van der Waals surface area contributed by atoms with Crippen LogP contribution in [-0.2, 0) is 14.3 Å². The zero-order valence-electron chi connectivity index (χ0n) is 7.76. The summed E-state index contributed by atoms with van der Waals surface area (Å²) in [7, 11) is 1.15. The Morgan fingerprint density at radius 3 is 2.57 bits per heavy atom. The van der Waals surface area contributed by atoms with Crippen LogP contribution in [0.5, 0.6) is 0 Å². The highest BCUT2D eigenvalue weighted by molar-refractivity contribution is 5.94. The van der Waals surface area contributed by atoms with E-state index in [1.54, 1.807) is 0 Å². The molecule has 0 aromatic heterocycles. The van der Waals surface area contributed by atoms with Gasteiger partial charge in [-0.25, -0.2) is 8.78 Å². The number of methoxy groups -OCH3 is 1. The molecule has 0 aromatic carbocycles. The van der Waals surface area contributed by atoms with Crippen LogP contribution in [0.25, 0.3) is 0 Å². The third kappa shape index (κ3) is 2.65. The predicted molar refractivity (Wildman–Crippen MR) is 42.8 cm³/mol. The standard InChI is InChI=1S/C8H11F2NO3/c1-14-7(13)4-6(12)11-3-2-8(9,10)5-11/h2-5H2,1H3. The van der Waals surface area contributed by atoms with Gasteiger partial charge in [0.2, 0.25) is 5.91 Å². The van der Waals surface area contributed by atoms with Crippen molar-refractivity contribution >= 4 is 11.9 Å². The molecule has 1 fully saturated rings. The Balaban J connectivity index is 2.44. The Kier molecular flexibility index (Phi) is 3.03. The SMILES string of the molecule is COC(=O)CC(=O)N1CCC(F)(F)C1. The van der Waals surface area contributed by atoms with E-state index in [2.05, 4.69) is 4.74 Å². The van der Waals surface area contributed by atoms with Gasteiger partial charge in [-0.3, -0.25) is 9.59 Å². The Bertz CT molecular complexity index is 255. The summed E-state index contributed by atoms with van der Waals surface area (Å²) < 4.78 is 29.6. The summed E-state index contributed by atoms with van der Waals surface area (Å²) in [5, 5.41) is 0. The molecule has 0 atom stereocenters. The number of nitrogens with zero attached hydrogens (tertiary/aromatic N) is 1. The van der Waals surface area contributed by atoms with Crippen LogP contribution in [0.4, 0.5) is 8.78 Å². The van der Waals surface area contributed by atoms with Crippen LogP contribution in [0.1, 0.15) is 12.8 Å². The second-order valence-electron chi connectivity index (χ2n) is 3.17. The van der Waals surface area contributed by atoms with E-state index in [1.165, 1.54) is 0 Å². The lowest BCUT2D eigenvalue weighted by atomic mass is 10.3. The van der Waals surface area contributed by atoms with E-state index in [9.17, 15) is 18.4 Å². The van der Waals surface area contributed by atoms with E-state index in [1.807, 2.05) is 0 Å². The quantitative estimate of drug-likeness (QED) is 0.487. The largest absolute Gasteiger partial charge is 0.469 e. The van der Waals surface area contributed by atoms with Gasteiger partial charge >= 0.3 is 5.97 Å². The highest BCUT2D eigenvalue weighted by Crippen LogP contribution is 2.26. The lowest BCUT2D eigenvalue weighted by molar-refractivity contribution is -0.147. The molecule has 0 aromatic rings. The molecule has 0 spiro atoms. The first-order chi connectivity index (χ1) is 6.44. The molecule has 1 aliphatic heterocycles. The molecule has 1 heterocycles. The van der Waals surface area contributed by atoms with Gasteiger partial charge in [0.1, 0.15) is 6.42 Å². The number of amides is 1. The lowest BCUT2D eigenvalue weighted by Gasteiger charge is -2.14. The molecular weight excluding hydrogens is 196 g/mol. The summed E-state index contributed by atoms with van der Waals surface area (Å²) in [6.45, 7) is -0.592. The van der Waals surface area contributed by atoms with Gasteiger partial charge in [0.05, 0.1) is 13.7 Å². The average molecular weight is 207 g/mol. The number of halogens is 2. The molecule has 1 rings (SSSR count). The van der Waals surface area contributed by atoms with Crippen molar-refractivity contribution < 1.29 is 23.1 Å². The Labute approximate surface area is 79.8 Å². The fourth-order valence-corrected chi connectivity index (χ4v) is 1.26. The molecule has 14 heavy (non-hydrogen) atoms. The first kappa shape index (κ1) is 10.9. The van der Waals surface area contributed by atoms with Crippen LogP contribution in [0.15, 0.2) is 0 Å². The minimum Gasteiger partial charge on any atom is -0.469 e. The molecule has 80 valence electrons. The van der Waals surface area contributed by atoms with Crippen molar-refractivity contribution in [2.24, 2.45) is 0 Å². The van der Waals surface area contributed by atoms with Gasteiger partial charge in [-0.2, -0.15) is 0 Å². The molecule has 0 N–H and O–H groups in total. The predicted octanol–water partition coefficient (Wildman–Crippen LogP) is 0.417. The summed E-state index contributed by atoms with van der Waals surface area (Å²) in [6, 6.07) is 0. The van der Waals surface area contributed by atoms with Gasteiger partial charge in [0, 0.05) is 13.0 Å².